The van der Waals surface area contributed by atoms with Crippen LogP contribution in [-0.4, -0.2) is 42.8 Å². The molecule has 3 aromatic carbocycles. The summed E-state index contributed by atoms with van der Waals surface area (Å²) < 4.78 is 10.9. The van der Waals surface area contributed by atoms with Crippen LogP contribution in [0.1, 0.15) is 69.9 Å². The monoisotopic (exact) mass is 523 g/mol. The van der Waals surface area contributed by atoms with Crippen LogP contribution < -0.4 is 9.47 Å². The molecule has 1 atom stereocenters. The Hall–Kier alpha value is -4.19. The number of Topliss-reactive ketones (excluding diaryl/α,β-unsaturated/α-hetero) is 1. The highest BCUT2D eigenvalue weighted by atomic mass is 16.5. The van der Waals surface area contributed by atoms with E-state index in [1.165, 1.54) is 44.8 Å². The van der Waals surface area contributed by atoms with E-state index in [4.69, 9.17) is 9.47 Å². The lowest BCUT2D eigenvalue weighted by atomic mass is 9.81. The van der Waals surface area contributed by atoms with Gasteiger partial charge < -0.3 is 14.6 Å². The Kier molecular flexibility index (Phi) is 7.64. The van der Waals surface area contributed by atoms with Crippen LogP contribution in [0.3, 0.4) is 0 Å². The molecule has 1 aliphatic heterocycles. The van der Waals surface area contributed by atoms with Gasteiger partial charge in [-0.1, -0.05) is 55.7 Å². The standard InChI is InChI=1S/C33H33NO5/c1-38-29-15-13-25(26-14-16-30(39-2)28(20-26)32(36)37)19-27(29)21-33(17-6-18-34-33)31(35)24-11-9-23(10-12-24)22-7-4-3-5-8-22/h6,9-20,22H,3-5,7-8,21H2,1-2H3,(H,36,37). The molecule has 0 aromatic heterocycles. The molecule has 1 heterocycles. The summed E-state index contributed by atoms with van der Waals surface area (Å²) in [6, 6.07) is 18.8. The molecule has 39 heavy (non-hydrogen) atoms. The van der Waals surface area contributed by atoms with Gasteiger partial charge in [-0.25, -0.2) is 4.79 Å². The predicted octanol–water partition coefficient (Wildman–Crippen LogP) is 6.92. The molecule has 1 saturated carbocycles. The first-order chi connectivity index (χ1) is 18.9. The number of benzene rings is 3. The van der Waals surface area contributed by atoms with Crippen molar-refractivity contribution in [3.05, 3.63) is 95.1 Å². The fourth-order valence-corrected chi connectivity index (χ4v) is 5.77. The molecule has 5 rings (SSSR count). The molecule has 0 spiro atoms. The van der Waals surface area contributed by atoms with Crippen molar-refractivity contribution < 1.29 is 24.2 Å². The Labute approximate surface area is 229 Å². The summed E-state index contributed by atoms with van der Waals surface area (Å²) in [5.41, 5.74) is 3.28. The average molecular weight is 524 g/mol. The number of allylic oxidation sites excluding steroid dienone is 1. The number of ether oxygens (including phenoxy) is 2. The summed E-state index contributed by atoms with van der Waals surface area (Å²) in [5, 5.41) is 9.63. The van der Waals surface area contributed by atoms with Crippen molar-refractivity contribution in [1.82, 2.24) is 0 Å². The molecule has 2 aliphatic rings. The van der Waals surface area contributed by atoms with Crippen LogP contribution >= 0.6 is 0 Å². The number of carboxylic acids is 1. The van der Waals surface area contributed by atoms with Gasteiger partial charge in [0.2, 0.25) is 0 Å². The van der Waals surface area contributed by atoms with Gasteiger partial charge in [-0.3, -0.25) is 9.79 Å². The van der Waals surface area contributed by atoms with E-state index >= 15 is 0 Å². The maximum atomic E-state index is 13.9. The lowest BCUT2D eigenvalue weighted by Crippen LogP contribution is -2.36. The van der Waals surface area contributed by atoms with Crippen LogP contribution in [0.4, 0.5) is 0 Å². The second kappa shape index (κ2) is 11.3. The Morgan fingerprint density at radius 2 is 1.56 bits per heavy atom. The summed E-state index contributed by atoms with van der Waals surface area (Å²) in [5.74, 6) is 0.387. The zero-order chi connectivity index (χ0) is 27.4. The topological polar surface area (TPSA) is 85.2 Å². The number of methoxy groups -OCH3 is 2. The minimum atomic E-state index is -1.08. The quantitative estimate of drug-likeness (QED) is 0.308. The number of aliphatic imine (C=N–C) groups is 1. The molecular weight excluding hydrogens is 490 g/mol. The van der Waals surface area contributed by atoms with Crippen LogP contribution in [0, 0.1) is 0 Å². The van der Waals surface area contributed by atoms with Crippen molar-refractivity contribution >= 4 is 18.0 Å². The van der Waals surface area contributed by atoms with E-state index in [0.29, 0.717) is 29.4 Å². The van der Waals surface area contributed by atoms with Crippen molar-refractivity contribution in [3.8, 4) is 22.6 Å². The lowest BCUT2D eigenvalue weighted by Gasteiger charge is -2.25. The number of rotatable bonds is 9. The number of nitrogens with zero attached hydrogens (tertiary/aromatic N) is 1. The third-order valence-electron chi connectivity index (χ3n) is 7.91. The number of hydrogen-bond acceptors (Lipinski definition) is 5. The van der Waals surface area contributed by atoms with Crippen LogP contribution in [0.5, 0.6) is 11.5 Å². The first-order valence-electron chi connectivity index (χ1n) is 13.4. The predicted molar refractivity (Wildman–Crippen MR) is 153 cm³/mol. The van der Waals surface area contributed by atoms with Crippen molar-refractivity contribution in [3.63, 3.8) is 0 Å². The number of hydrogen-bond donors (Lipinski definition) is 1. The molecule has 6 nitrogen and oxygen atoms in total. The molecule has 200 valence electrons. The minimum absolute atomic E-state index is 0.0623. The van der Waals surface area contributed by atoms with Gasteiger partial charge in [-0.15, -0.1) is 0 Å². The van der Waals surface area contributed by atoms with Gasteiger partial charge in [-0.2, -0.15) is 0 Å². The van der Waals surface area contributed by atoms with E-state index in [2.05, 4.69) is 17.1 Å². The molecule has 0 radical (unpaired) electrons. The number of ketones is 1. The normalized spacial score (nSPS) is 18.7. The fraction of sp³-hybridized carbons (Fsp3) is 0.303. The van der Waals surface area contributed by atoms with Gasteiger partial charge in [0.05, 0.1) is 14.2 Å². The molecule has 1 aliphatic carbocycles. The SMILES string of the molecule is COc1ccc(-c2ccc(OC)c(C(=O)O)c2)cc1CC1(C(=O)c2ccc(C3CCCCC3)cc2)C=CC=N1. The third-order valence-corrected chi connectivity index (χ3v) is 7.91. The van der Waals surface area contributed by atoms with E-state index in [-0.39, 0.29) is 11.3 Å². The van der Waals surface area contributed by atoms with E-state index in [1.807, 2.05) is 48.6 Å². The molecule has 0 amide bonds. The summed E-state index contributed by atoms with van der Waals surface area (Å²) in [4.78, 5) is 30.3. The van der Waals surface area contributed by atoms with Crippen molar-refractivity contribution in [1.29, 1.82) is 0 Å². The van der Waals surface area contributed by atoms with Crippen LogP contribution in [0.2, 0.25) is 0 Å². The van der Waals surface area contributed by atoms with Gasteiger partial charge >= 0.3 is 5.97 Å². The Balaban J connectivity index is 1.46. The maximum Gasteiger partial charge on any atom is 0.339 e. The second-order valence-electron chi connectivity index (χ2n) is 10.3. The van der Waals surface area contributed by atoms with Gasteiger partial charge in [0.25, 0.3) is 0 Å². The molecule has 3 aromatic rings. The smallest absolute Gasteiger partial charge is 0.339 e. The van der Waals surface area contributed by atoms with Crippen LogP contribution in [0.15, 0.2) is 77.8 Å². The molecule has 1 N–H and O–H groups in total. The zero-order valence-corrected chi connectivity index (χ0v) is 22.4. The summed E-state index contributed by atoms with van der Waals surface area (Å²) >= 11 is 0. The molecular formula is C33H33NO5. The van der Waals surface area contributed by atoms with Gasteiger partial charge in [-0.05, 0) is 77.4 Å². The summed E-state index contributed by atoms with van der Waals surface area (Å²) in [6.07, 6.45) is 11.9. The fourth-order valence-electron chi connectivity index (χ4n) is 5.77. The largest absolute Gasteiger partial charge is 0.496 e. The summed E-state index contributed by atoms with van der Waals surface area (Å²) in [7, 11) is 3.04. The van der Waals surface area contributed by atoms with E-state index in [1.54, 1.807) is 25.5 Å². The Bertz CT molecular complexity index is 1420. The Morgan fingerprint density at radius 3 is 2.18 bits per heavy atom. The number of carboxylic acid groups (broad SMARTS) is 1. The lowest BCUT2D eigenvalue weighted by molar-refractivity contribution is 0.0693. The summed E-state index contributed by atoms with van der Waals surface area (Å²) in [6.45, 7) is 0. The second-order valence-corrected chi connectivity index (χ2v) is 10.3. The Morgan fingerprint density at radius 1 is 0.897 bits per heavy atom. The van der Waals surface area contributed by atoms with Crippen LogP contribution in [-0.2, 0) is 6.42 Å². The van der Waals surface area contributed by atoms with Gasteiger partial charge in [0.15, 0.2) is 5.78 Å². The molecule has 0 saturated heterocycles. The molecule has 1 fully saturated rings. The molecule has 6 heteroatoms. The molecule has 0 bridgehead atoms. The van der Waals surface area contributed by atoms with Gasteiger partial charge in [0.1, 0.15) is 22.6 Å². The molecule has 1 unspecified atom stereocenters. The first kappa shape index (κ1) is 26.4. The van der Waals surface area contributed by atoms with E-state index in [9.17, 15) is 14.7 Å². The highest BCUT2D eigenvalue weighted by Crippen LogP contribution is 2.36. The highest BCUT2D eigenvalue weighted by Gasteiger charge is 2.38. The van der Waals surface area contributed by atoms with Crippen molar-refractivity contribution in [2.75, 3.05) is 14.2 Å². The highest BCUT2D eigenvalue weighted by molar-refractivity contribution is 6.07. The number of carbonyl (C=O) groups excluding carboxylic acids is 1. The maximum absolute atomic E-state index is 13.9. The van der Waals surface area contributed by atoms with Crippen molar-refractivity contribution in [2.24, 2.45) is 4.99 Å². The van der Waals surface area contributed by atoms with Crippen molar-refractivity contribution in [2.45, 2.75) is 50.0 Å². The minimum Gasteiger partial charge on any atom is -0.496 e. The van der Waals surface area contributed by atoms with Gasteiger partial charge in [0, 0.05) is 18.2 Å². The first-order valence-corrected chi connectivity index (χ1v) is 13.4. The zero-order valence-electron chi connectivity index (χ0n) is 22.4. The number of carbonyl (C=O) groups is 2. The average Bonchev–Trinajstić information content (AvgIpc) is 3.46. The number of aromatic carboxylic acids is 1. The van der Waals surface area contributed by atoms with E-state index < -0.39 is 11.5 Å². The van der Waals surface area contributed by atoms with E-state index in [0.717, 1.165) is 16.7 Å². The van der Waals surface area contributed by atoms with Crippen LogP contribution in [0.25, 0.3) is 11.1 Å². The third kappa shape index (κ3) is 5.37.